The van der Waals surface area contributed by atoms with Crippen molar-refractivity contribution < 1.29 is 9.53 Å². The van der Waals surface area contributed by atoms with Crippen LogP contribution >= 0.6 is 11.6 Å². The number of aryl methyl sites for hydroxylation is 1. The summed E-state index contributed by atoms with van der Waals surface area (Å²) in [4.78, 5) is 17.3. The predicted octanol–water partition coefficient (Wildman–Crippen LogP) is 5.59. The van der Waals surface area contributed by atoms with Gasteiger partial charge >= 0.3 is 0 Å². The summed E-state index contributed by atoms with van der Waals surface area (Å²) in [6.45, 7) is 10.2. The first kappa shape index (κ1) is 22.2. The maximum Gasteiger partial charge on any atom is 0.258 e. The Balaban J connectivity index is 1.77. The zero-order chi connectivity index (χ0) is 21.7. The van der Waals surface area contributed by atoms with Crippen LogP contribution in [0.15, 0.2) is 30.5 Å². The van der Waals surface area contributed by atoms with Gasteiger partial charge in [0.2, 0.25) is 0 Å². The third-order valence-corrected chi connectivity index (χ3v) is 5.43. The summed E-state index contributed by atoms with van der Waals surface area (Å²) in [5.41, 5.74) is 3.67. The number of nitrogens with one attached hydrogen (secondary N) is 1. The first-order valence-electron chi connectivity index (χ1n) is 10.4. The number of carbonyl (C=O) groups excluding carboxylic acids is 1. The van der Waals surface area contributed by atoms with Crippen LogP contribution in [0.2, 0.25) is 5.02 Å². The van der Waals surface area contributed by atoms with Gasteiger partial charge in [0.1, 0.15) is 0 Å². The van der Waals surface area contributed by atoms with Crippen LogP contribution < -0.4 is 5.32 Å². The fraction of sp³-hybridized carbons (Fsp3) is 0.435. The van der Waals surface area contributed by atoms with Crippen LogP contribution in [-0.4, -0.2) is 33.9 Å². The molecule has 0 aliphatic heterocycles. The van der Waals surface area contributed by atoms with E-state index in [1.54, 1.807) is 4.68 Å². The minimum atomic E-state index is -0.290. The Hall–Kier alpha value is -2.44. The average molecular weight is 429 g/mol. The predicted molar refractivity (Wildman–Crippen MR) is 121 cm³/mol. The molecule has 2 heterocycles. The van der Waals surface area contributed by atoms with Crippen molar-refractivity contribution in [3.05, 3.63) is 52.3 Å². The molecule has 0 radical (unpaired) electrons. The van der Waals surface area contributed by atoms with Gasteiger partial charge in [-0.15, -0.1) is 0 Å². The highest BCUT2D eigenvalue weighted by atomic mass is 35.5. The van der Waals surface area contributed by atoms with Crippen molar-refractivity contribution in [3.8, 4) is 0 Å². The zero-order valence-corrected chi connectivity index (χ0v) is 18.8. The van der Waals surface area contributed by atoms with Crippen LogP contribution in [-0.2, 0) is 11.3 Å². The summed E-state index contributed by atoms with van der Waals surface area (Å²) in [7, 11) is 0. The van der Waals surface area contributed by atoms with Crippen LogP contribution in [0.4, 0.5) is 5.69 Å². The summed E-state index contributed by atoms with van der Waals surface area (Å²) in [6.07, 6.45) is 3.66. The van der Waals surface area contributed by atoms with Crippen molar-refractivity contribution in [2.45, 2.75) is 53.0 Å². The number of unbranched alkanes of at least 4 members (excludes halogenated alkanes) is 1. The van der Waals surface area contributed by atoms with E-state index in [2.05, 4.69) is 36.2 Å². The molecule has 7 heteroatoms. The first-order valence-corrected chi connectivity index (χ1v) is 10.8. The number of pyridine rings is 1. The van der Waals surface area contributed by atoms with Gasteiger partial charge in [0.25, 0.3) is 5.91 Å². The molecule has 0 aliphatic carbocycles. The maximum atomic E-state index is 12.8. The summed E-state index contributed by atoms with van der Waals surface area (Å²) >= 11 is 6.61. The van der Waals surface area contributed by atoms with Crippen LogP contribution in [0.5, 0.6) is 0 Å². The van der Waals surface area contributed by atoms with Gasteiger partial charge in [0.15, 0.2) is 5.65 Å². The highest BCUT2D eigenvalue weighted by molar-refractivity contribution is 6.39. The molecule has 0 spiro atoms. The van der Waals surface area contributed by atoms with E-state index in [1.807, 2.05) is 31.2 Å². The fourth-order valence-corrected chi connectivity index (χ4v) is 3.59. The smallest absolute Gasteiger partial charge is 0.258 e. The second kappa shape index (κ2) is 10.0. The molecule has 2 aromatic heterocycles. The van der Waals surface area contributed by atoms with E-state index in [9.17, 15) is 4.79 Å². The molecule has 0 aliphatic rings. The van der Waals surface area contributed by atoms with Gasteiger partial charge in [-0.1, -0.05) is 50.9 Å². The Morgan fingerprint density at radius 2 is 1.97 bits per heavy atom. The van der Waals surface area contributed by atoms with Gasteiger partial charge in [0, 0.05) is 18.5 Å². The molecule has 0 unspecified atom stereocenters. The van der Waals surface area contributed by atoms with E-state index in [4.69, 9.17) is 16.3 Å². The number of aromatic nitrogens is 3. The van der Waals surface area contributed by atoms with Gasteiger partial charge in [-0.3, -0.25) is 4.79 Å². The molecule has 3 rings (SSSR count). The van der Waals surface area contributed by atoms with E-state index in [0.29, 0.717) is 40.7 Å². The quantitative estimate of drug-likeness (QED) is 0.451. The van der Waals surface area contributed by atoms with Crippen LogP contribution in [0.25, 0.3) is 11.0 Å². The number of fused-ring (bicyclic) bond motifs is 1. The van der Waals surface area contributed by atoms with Gasteiger partial charge in [-0.2, -0.15) is 5.10 Å². The number of carbonyl (C=O) groups is 1. The van der Waals surface area contributed by atoms with Gasteiger partial charge in [-0.05, 0) is 37.0 Å². The highest BCUT2D eigenvalue weighted by Gasteiger charge is 2.19. The number of halogens is 1. The Labute approximate surface area is 182 Å². The van der Waals surface area contributed by atoms with Crippen LogP contribution in [0.1, 0.15) is 61.1 Å². The number of rotatable bonds is 9. The van der Waals surface area contributed by atoms with Crippen molar-refractivity contribution >= 4 is 34.2 Å². The van der Waals surface area contributed by atoms with E-state index in [1.165, 1.54) is 11.8 Å². The third kappa shape index (κ3) is 4.99. The van der Waals surface area contributed by atoms with Gasteiger partial charge < -0.3 is 10.1 Å². The fourth-order valence-electron chi connectivity index (χ4n) is 3.24. The first-order chi connectivity index (χ1) is 14.4. The standard InChI is InChI=1S/C23H29ClN4O2/c1-5-6-12-30-13-11-28-22-20(16(4)27-28)21(24)19(14-25-22)23(29)26-18-9-7-17(8-10-18)15(2)3/h7-10,14-15H,5-6,11-13H2,1-4H3,(H,26,29). The van der Waals surface area contributed by atoms with Crippen molar-refractivity contribution in [2.24, 2.45) is 0 Å². The zero-order valence-electron chi connectivity index (χ0n) is 18.0. The molecular weight excluding hydrogens is 400 g/mol. The third-order valence-electron chi connectivity index (χ3n) is 5.04. The SMILES string of the molecule is CCCCOCCn1nc(C)c2c(Cl)c(C(=O)Nc3ccc(C(C)C)cc3)cnc21. The Morgan fingerprint density at radius 1 is 1.23 bits per heavy atom. The molecule has 0 saturated heterocycles. The lowest BCUT2D eigenvalue weighted by atomic mass is 10.0. The molecular formula is C23H29ClN4O2. The highest BCUT2D eigenvalue weighted by Crippen LogP contribution is 2.29. The average Bonchev–Trinajstić information content (AvgIpc) is 3.04. The van der Waals surface area contributed by atoms with Crippen molar-refractivity contribution in [3.63, 3.8) is 0 Å². The number of amides is 1. The summed E-state index contributed by atoms with van der Waals surface area (Å²) in [6, 6.07) is 7.82. The Kier molecular flexibility index (Phi) is 7.45. The second-order valence-electron chi connectivity index (χ2n) is 7.69. The lowest BCUT2D eigenvalue weighted by Crippen LogP contribution is -2.13. The molecule has 160 valence electrons. The van der Waals surface area contributed by atoms with E-state index in [0.717, 1.165) is 30.8 Å². The van der Waals surface area contributed by atoms with Crippen LogP contribution in [0, 0.1) is 6.92 Å². The monoisotopic (exact) mass is 428 g/mol. The lowest BCUT2D eigenvalue weighted by molar-refractivity contribution is 0.102. The molecule has 1 amide bonds. The van der Waals surface area contributed by atoms with E-state index in [-0.39, 0.29) is 5.91 Å². The summed E-state index contributed by atoms with van der Waals surface area (Å²) < 4.78 is 7.42. The van der Waals surface area contributed by atoms with Gasteiger partial charge in [-0.25, -0.2) is 9.67 Å². The molecule has 1 aromatic carbocycles. The van der Waals surface area contributed by atoms with Crippen molar-refractivity contribution in [1.29, 1.82) is 0 Å². The molecule has 0 saturated carbocycles. The maximum absolute atomic E-state index is 12.8. The second-order valence-corrected chi connectivity index (χ2v) is 8.07. The molecule has 30 heavy (non-hydrogen) atoms. The van der Waals surface area contributed by atoms with Crippen molar-refractivity contribution in [2.75, 3.05) is 18.5 Å². The number of hydrogen-bond donors (Lipinski definition) is 1. The van der Waals surface area contributed by atoms with Crippen LogP contribution in [0.3, 0.4) is 0 Å². The molecule has 1 N–H and O–H groups in total. The number of ether oxygens (including phenoxy) is 1. The molecule has 6 nitrogen and oxygen atoms in total. The summed E-state index contributed by atoms with van der Waals surface area (Å²) in [5, 5.41) is 8.51. The summed E-state index contributed by atoms with van der Waals surface area (Å²) in [5.74, 6) is 0.147. The molecule has 3 aromatic rings. The largest absolute Gasteiger partial charge is 0.380 e. The lowest BCUT2D eigenvalue weighted by Gasteiger charge is -2.10. The topological polar surface area (TPSA) is 69.0 Å². The van der Waals surface area contributed by atoms with E-state index >= 15 is 0 Å². The van der Waals surface area contributed by atoms with E-state index < -0.39 is 0 Å². The number of anilines is 1. The number of nitrogens with zero attached hydrogens (tertiary/aromatic N) is 3. The number of hydrogen-bond acceptors (Lipinski definition) is 4. The van der Waals surface area contributed by atoms with Crippen molar-refractivity contribution in [1.82, 2.24) is 14.8 Å². The normalized spacial score (nSPS) is 11.4. The van der Waals surface area contributed by atoms with Gasteiger partial charge in [0.05, 0.1) is 34.8 Å². The Bertz CT molecular complexity index is 1010. The molecule has 0 atom stereocenters. The minimum absolute atomic E-state index is 0.290. The minimum Gasteiger partial charge on any atom is -0.380 e. The Morgan fingerprint density at radius 3 is 2.63 bits per heavy atom. The molecule has 0 bridgehead atoms. The number of benzene rings is 1. The molecule has 0 fully saturated rings.